The lowest BCUT2D eigenvalue weighted by molar-refractivity contribution is -0.689. The number of aromatic amines is 1. The van der Waals surface area contributed by atoms with Crippen LogP contribution >= 0.6 is 11.3 Å². The lowest BCUT2D eigenvalue weighted by Gasteiger charge is -2.17. The summed E-state index contributed by atoms with van der Waals surface area (Å²) < 4.78 is 2.03. The first-order chi connectivity index (χ1) is 11.1. The maximum Gasteiger partial charge on any atom is 0.260 e. The minimum atomic E-state index is 0.0183. The van der Waals surface area contributed by atoms with Gasteiger partial charge in [0, 0.05) is 17.0 Å². The Kier molecular flexibility index (Phi) is 3.53. The number of aryl methyl sites for hydroxylation is 2. The summed E-state index contributed by atoms with van der Waals surface area (Å²) in [5.41, 5.74) is 2.48. The maximum atomic E-state index is 12.6. The molecule has 118 valence electrons. The Morgan fingerprint density at radius 2 is 2.17 bits per heavy atom. The van der Waals surface area contributed by atoms with Gasteiger partial charge in [-0.3, -0.25) is 4.79 Å². The van der Waals surface area contributed by atoms with Gasteiger partial charge in [-0.15, -0.1) is 11.3 Å². The second-order valence-corrected chi connectivity index (χ2v) is 7.68. The van der Waals surface area contributed by atoms with E-state index in [0.29, 0.717) is 12.5 Å². The van der Waals surface area contributed by atoms with Crippen molar-refractivity contribution < 1.29 is 4.57 Å². The third-order valence-electron chi connectivity index (χ3n) is 4.60. The van der Waals surface area contributed by atoms with Gasteiger partial charge in [0.15, 0.2) is 18.2 Å². The molecule has 4 rings (SSSR count). The molecule has 5 heteroatoms. The first kappa shape index (κ1) is 14.6. The van der Waals surface area contributed by atoms with Gasteiger partial charge in [0.05, 0.1) is 5.39 Å². The van der Waals surface area contributed by atoms with E-state index in [4.69, 9.17) is 4.98 Å². The summed E-state index contributed by atoms with van der Waals surface area (Å²) in [6.45, 7) is 4.93. The number of rotatable bonds is 2. The van der Waals surface area contributed by atoms with Crippen LogP contribution in [-0.4, -0.2) is 9.97 Å². The number of H-pyrrole nitrogens is 1. The molecule has 0 saturated carbocycles. The molecule has 0 saturated heterocycles. The molecule has 1 aliphatic carbocycles. The van der Waals surface area contributed by atoms with E-state index in [-0.39, 0.29) is 5.56 Å². The van der Waals surface area contributed by atoms with Crippen molar-refractivity contribution in [3.8, 4) is 0 Å². The molecular formula is C18H20N3OS+. The fourth-order valence-corrected chi connectivity index (χ4v) is 4.68. The number of nitrogens with zero attached hydrogens (tertiary/aromatic N) is 2. The number of fused-ring (bicyclic) bond motifs is 3. The molecule has 0 bridgehead atoms. The zero-order valence-electron chi connectivity index (χ0n) is 13.4. The van der Waals surface area contributed by atoms with Crippen LogP contribution in [0.3, 0.4) is 0 Å². The van der Waals surface area contributed by atoms with Crippen molar-refractivity contribution in [2.75, 3.05) is 0 Å². The predicted octanol–water partition coefficient (Wildman–Crippen LogP) is 2.75. The minimum absolute atomic E-state index is 0.0183. The van der Waals surface area contributed by atoms with E-state index in [1.165, 1.54) is 22.4 Å². The molecule has 1 aliphatic rings. The highest BCUT2D eigenvalue weighted by atomic mass is 32.1. The Labute approximate surface area is 138 Å². The van der Waals surface area contributed by atoms with E-state index in [2.05, 4.69) is 31.0 Å². The average molecular weight is 326 g/mol. The van der Waals surface area contributed by atoms with Crippen LogP contribution in [0, 0.1) is 12.8 Å². The highest BCUT2D eigenvalue weighted by Crippen LogP contribution is 2.35. The van der Waals surface area contributed by atoms with Crippen LogP contribution in [0.5, 0.6) is 0 Å². The molecule has 0 fully saturated rings. The fraction of sp³-hybridized carbons (Fsp3) is 0.389. The lowest BCUT2D eigenvalue weighted by atomic mass is 9.89. The molecule has 0 unspecified atom stereocenters. The average Bonchev–Trinajstić information content (AvgIpc) is 2.87. The third kappa shape index (κ3) is 2.70. The first-order valence-corrected chi connectivity index (χ1v) is 8.91. The second kappa shape index (κ2) is 5.57. The fourth-order valence-electron chi connectivity index (χ4n) is 3.28. The number of hydrogen-bond donors (Lipinski definition) is 1. The molecule has 3 aromatic rings. The van der Waals surface area contributed by atoms with E-state index >= 15 is 0 Å². The zero-order valence-corrected chi connectivity index (χ0v) is 14.2. The van der Waals surface area contributed by atoms with Crippen molar-refractivity contribution in [3.05, 3.63) is 56.7 Å². The van der Waals surface area contributed by atoms with Gasteiger partial charge in [-0.25, -0.2) is 4.98 Å². The Balaban J connectivity index is 1.75. The van der Waals surface area contributed by atoms with E-state index in [9.17, 15) is 4.79 Å². The van der Waals surface area contributed by atoms with Crippen LogP contribution in [0.15, 0.2) is 29.3 Å². The summed E-state index contributed by atoms with van der Waals surface area (Å²) in [6.07, 6.45) is 7.28. The second-order valence-electron chi connectivity index (χ2n) is 6.59. The van der Waals surface area contributed by atoms with Gasteiger partial charge in [0.1, 0.15) is 4.83 Å². The van der Waals surface area contributed by atoms with Gasteiger partial charge in [-0.1, -0.05) is 6.92 Å². The molecule has 0 spiro atoms. The first-order valence-electron chi connectivity index (χ1n) is 8.09. The van der Waals surface area contributed by atoms with Crippen molar-refractivity contribution in [1.82, 2.24) is 9.97 Å². The van der Waals surface area contributed by atoms with Crippen molar-refractivity contribution in [2.24, 2.45) is 5.92 Å². The van der Waals surface area contributed by atoms with Crippen LogP contribution in [0.25, 0.3) is 10.2 Å². The highest BCUT2D eigenvalue weighted by Gasteiger charge is 2.23. The maximum absolute atomic E-state index is 12.6. The van der Waals surface area contributed by atoms with E-state index in [1.54, 1.807) is 11.3 Å². The Morgan fingerprint density at radius 1 is 1.39 bits per heavy atom. The standard InChI is InChI=1S/C18H19N3OS/c1-11-5-7-21(8-6-11)10-15-19-17(22)16-13-4-3-12(2)9-14(13)23-18(16)20-15/h5-8,12H,3-4,9-10H2,1-2H3/p+1/t12-/m1/s1. The van der Waals surface area contributed by atoms with Crippen LogP contribution in [0.1, 0.15) is 35.2 Å². The van der Waals surface area contributed by atoms with Crippen molar-refractivity contribution in [2.45, 2.75) is 39.7 Å². The van der Waals surface area contributed by atoms with E-state index in [1.807, 2.05) is 17.0 Å². The monoisotopic (exact) mass is 326 g/mol. The van der Waals surface area contributed by atoms with Gasteiger partial charge >= 0.3 is 0 Å². The largest absolute Gasteiger partial charge is 0.305 e. The minimum Gasteiger partial charge on any atom is -0.305 e. The van der Waals surface area contributed by atoms with Gasteiger partial charge in [-0.05, 0) is 43.2 Å². The molecule has 0 aliphatic heterocycles. The number of aromatic nitrogens is 3. The number of nitrogens with one attached hydrogen (secondary N) is 1. The van der Waals surface area contributed by atoms with E-state index in [0.717, 1.165) is 28.9 Å². The Hall–Kier alpha value is -2.01. The molecule has 3 heterocycles. The SMILES string of the molecule is Cc1cc[n+](Cc2nc3sc4c(c3c(=O)[nH]2)CC[C@@H](C)C4)cc1. The molecule has 1 atom stereocenters. The molecule has 0 amide bonds. The quantitative estimate of drug-likeness (QED) is 0.736. The lowest BCUT2D eigenvalue weighted by Crippen LogP contribution is -2.35. The van der Waals surface area contributed by atoms with Crippen molar-refractivity contribution in [1.29, 1.82) is 0 Å². The van der Waals surface area contributed by atoms with Crippen LogP contribution in [0.4, 0.5) is 0 Å². The van der Waals surface area contributed by atoms with Crippen LogP contribution in [0.2, 0.25) is 0 Å². The topological polar surface area (TPSA) is 49.6 Å². The predicted molar refractivity (Wildman–Crippen MR) is 91.9 cm³/mol. The summed E-state index contributed by atoms with van der Waals surface area (Å²) in [5, 5.41) is 0.828. The molecule has 23 heavy (non-hydrogen) atoms. The highest BCUT2D eigenvalue weighted by molar-refractivity contribution is 7.18. The normalized spacial score (nSPS) is 17.4. The summed E-state index contributed by atoms with van der Waals surface area (Å²) in [7, 11) is 0. The van der Waals surface area contributed by atoms with Gasteiger partial charge in [0.2, 0.25) is 6.54 Å². The molecular weight excluding hydrogens is 306 g/mol. The molecule has 0 radical (unpaired) electrons. The zero-order chi connectivity index (χ0) is 16.0. The van der Waals surface area contributed by atoms with Crippen molar-refractivity contribution >= 4 is 21.6 Å². The summed E-state index contributed by atoms with van der Waals surface area (Å²) in [5.74, 6) is 1.43. The summed E-state index contributed by atoms with van der Waals surface area (Å²) in [4.78, 5) is 22.5. The third-order valence-corrected chi connectivity index (χ3v) is 5.75. The van der Waals surface area contributed by atoms with Gasteiger partial charge in [0.25, 0.3) is 5.56 Å². The Morgan fingerprint density at radius 3 is 2.96 bits per heavy atom. The molecule has 1 N–H and O–H groups in total. The van der Waals surface area contributed by atoms with Gasteiger partial charge in [-0.2, -0.15) is 4.57 Å². The van der Waals surface area contributed by atoms with Crippen molar-refractivity contribution in [3.63, 3.8) is 0 Å². The smallest absolute Gasteiger partial charge is 0.260 e. The molecule has 3 aromatic heterocycles. The van der Waals surface area contributed by atoms with E-state index < -0.39 is 0 Å². The summed E-state index contributed by atoms with van der Waals surface area (Å²) >= 11 is 1.70. The number of thiophene rings is 1. The van der Waals surface area contributed by atoms with Crippen LogP contribution < -0.4 is 10.1 Å². The number of pyridine rings is 1. The molecule has 4 nitrogen and oxygen atoms in total. The van der Waals surface area contributed by atoms with Crippen LogP contribution in [-0.2, 0) is 19.4 Å². The Bertz CT molecular complexity index is 924. The molecule has 0 aromatic carbocycles. The number of hydrogen-bond acceptors (Lipinski definition) is 3. The van der Waals surface area contributed by atoms with Gasteiger partial charge < -0.3 is 4.98 Å². The summed E-state index contributed by atoms with van der Waals surface area (Å²) in [6, 6.07) is 4.11.